The molecule has 120 valence electrons. The lowest BCUT2D eigenvalue weighted by atomic mass is 9.79. The van der Waals surface area contributed by atoms with Gasteiger partial charge in [-0.25, -0.2) is 0 Å². The Morgan fingerprint density at radius 2 is 2.45 bits per heavy atom. The molecular formula is C15H21BrN4OS. The van der Waals surface area contributed by atoms with E-state index in [0.717, 1.165) is 48.8 Å². The third-order valence-electron chi connectivity index (χ3n) is 4.42. The van der Waals surface area contributed by atoms with Gasteiger partial charge in [-0.05, 0) is 40.9 Å². The van der Waals surface area contributed by atoms with E-state index in [2.05, 4.69) is 48.6 Å². The maximum absolute atomic E-state index is 11.6. The smallest absolute Gasteiger partial charge is 0.220 e. The molecule has 2 N–H and O–H groups in total. The van der Waals surface area contributed by atoms with Gasteiger partial charge in [0.05, 0.1) is 10.3 Å². The van der Waals surface area contributed by atoms with Crippen LogP contribution in [0.2, 0.25) is 0 Å². The van der Waals surface area contributed by atoms with Crippen LogP contribution in [0.1, 0.15) is 24.1 Å². The summed E-state index contributed by atoms with van der Waals surface area (Å²) < 4.78 is 1.15. The second-order valence-corrected chi connectivity index (χ2v) is 8.63. The molecule has 2 fully saturated rings. The summed E-state index contributed by atoms with van der Waals surface area (Å²) >= 11 is 5.22. The summed E-state index contributed by atoms with van der Waals surface area (Å²) in [7, 11) is 1.83. The topological polar surface area (TPSA) is 56.7 Å². The van der Waals surface area contributed by atoms with Gasteiger partial charge in [0.1, 0.15) is 0 Å². The van der Waals surface area contributed by atoms with Crippen LogP contribution in [0.3, 0.4) is 0 Å². The Balaban J connectivity index is 1.62. The number of carbonyl (C=O) groups is 1. The summed E-state index contributed by atoms with van der Waals surface area (Å²) in [4.78, 5) is 19.6. The van der Waals surface area contributed by atoms with E-state index in [9.17, 15) is 4.79 Å². The largest absolute Gasteiger partial charge is 0.355 e. The van der Waals surface area contributed by atoms with Crippen molar-refractivity contribution in [2.24, 2.45) is 10.4 Å². The predicted molar refractivity (Wildman–Crippen MR) is 93.1 cm³/mol. The third kappa shape index (κ3) is 3.46. The summed E-state index contributed by atoms with van der Waals surface area (Å²) in [6.45, 7) is 3.49. The third-order valence-corrected chi connectivity index (χ3v) is 6.04. The van der Waals surface area contributed by atoms with Crippen LogP contribution in [0, 0.1) is 5.41 Å². The molecule has 1 unspecified atom stereocenters. The fourth-order valence-electron chi connectivity index (χ4n) is 3.37. The molecule has 3 heterocycles. The minimum Gasteiger partial charge on any atom is -0.355 e. The molecule has 2 aliphatic heterocycles. The molecule has 0 saturated carbocycles. The SMILES string of the molecule is CN=C(NCc1ccc(Br)s1)N1CCCC2(CNC(=O)C2)C1. The molecule has 1 aromatic heterocycles. The number of nitrogens with zero attached hydrogens (tertiary/aromatic N) is 2. The molecule has 2 saturated heterocycles. The van der Waals surface area contributed by atoms with Crippen molar-refractivity contribution < 1.29 is 4.79 Å². The number of hydrogen-bond acceptors (Lipinski definition) is 3. The van der Waals surface area contributed by atoms with Gasteiger partial charge >= 0.3 is 0 Å². The van der Waals surface area contributed by atoms with E-state index < -0.39 is 0 Å². The van der Waals surface area contributed by atoms with E-state index in [1.807, 2.05) is 7.05 Å². The van der Waals surface area contributed by atoms with Crippen molar-refractivity contribution in [2.45, 2.75) is 25.8 Å². The summed E-state index contributed by atoms with van der Waals surface area (Å²) in [6.07, 6.45) is 2.88. The molecule has 0 aliphatic carbocycles. The monoisotopic (exact) mass is 384 g/mol. The molecule has 1 amide bonds. The molecule has 3 rings (SSSR count). The first-order valence-corrected chi connectivity index (χ1v) is 9.18. The van der Waals surface area contributed by atoms with Gasteiger partial charge in [0.25, 0.3) is 0 Å². The Bertz CT molecular complexity index is 588. The number of rotatable bonds is 2. The van der Waals surface area contributed by atoms with Crippen LogP contribution >= 0.6 is 27.3 Å². The Morgan fingerprint density at radius 1 is 1.59 bits per heavy atom. The Labute approximate surface area is 143 Å². The van der Waals surface area contributed by atoms with Crippen molar-refractivity contribution in [3.05, 3.63) is 20.8 Å². The molecule has 0 bridgehead atoms. The summed E-state index contributed by atoms with van der Waals surface area (Å²) in [5.41, 5.74) is 0.0961. The van der Waals surface area contributed by atoms with E-state index in [1.54, 1.807) is 11.3 Å². The van der Waals surface area contributed by atoms with E-state index in [1.165, 1.54) is 4.88 Å². The maximum Gasteiger partial charge on any atom is 0.220 e. The molecule has 0 aromatic carbocycles. The van der Waals surface area contributed by atoms with Crippen molar-refractivity contribution in [1.82, 2.24) is 15.5 Å². The summed E-state index contributed by atoms with van der Waals surface area (Å²) in [6, 6.07) is 4.18. The lowest BCUT2D eigenvalue weighted by Gasteiger charge is -2.40. The number of halogens is 1. The molecule has 2 aliphatic rings. The average molecular weight is 385 g/mol. The molecular weight excluding hydrogens is 364 g/mol. The van der Waals surface area contributed by atoms with Crippen molar-refractivity contribution in [2.75, 3.05) is 26.7 Å². The molecule has 5 nitrogen and oxygen atoms in total. The van der Waals surface area contributed by atoms with Crippen LogP contribution < -0.4 is 10.6 Å². The number of thiophene rings is 1. The van der Waals surface area contributed by atoms with Crippen molar-refractivity contribution in [3.63, 3.8) is 0 Å². The summed E-state index contributed by atoms with van der Waals surface area (Å²) in [5.74, 6) is 1.12. The molecule has 1 spiro atoms. The number of amides is 1. The Morgan fingerprint density at radius 3 is 3.09 bits per heavy atom. The van der Waals surface area contributed by atoms with Gasteiger partial charge in [-0.1, -0.05) is 0 Å². The quantitative estimate of drug-likeness (QED) is 0.606. The summed E-state index contributed by atoms with van der Waals surface area (Å²) in [5, 5.41) is 6.44. The highest BCUT2D eigenvalue weighted by atomic mass is 79.9. The van der Waals surface area contributed by atoms with Crippen molar-refractivity contribution >= 4 is 39.1 Å². The van der Waals surface area contributed by atoms with Crippen molar-refractivity contribution in [3.8, 4) is 0 Å². The second-order valence-electron chi connectivity index (χ2n) is 6.09. The van der Waals surface area contributed by atoms with Gasteiger partial charge in [0.2, 0.25) is 5.91 Å². The number of likely N-dealkylation sites (tertiary alicyclic amines) is 1. The molecule has 1 aromatic rings. The van der Waals surface area contributed by atoms with E-state index in [0.29, 0.717) is 6.42 Å². The number of hydrogen-bond donors (Lipinski definition) is 2. The lowest BCUT2D eigenvalue weighted by Crippen LogP contribution is -2.51. The standard InChI is InChI=1S/C15H21BrN4OS/c1-17-14(18-8-11-3-4-12(16)22-11)20-6-2-5-15(10-20)7-13(21)19-9-15/h3-4H,2,5-10H2,1H3,(H,17,18)(H,19,21). The van der Waals surface area contributed by atoms with Gasteiger partial charge in [0.15, 0.2) is 5.96 Å². The van der Waals surface area contributed by atoms with Gasteiger partial charge < -0.3 is 15.5 Å². The zero-order valence-electron chi connectivity index (χ0n) is 12.7. The van der Waals surface area contributed by atoms with E-state index in [-0.39, 0.29) is 11.3 Å². The fourth-order valence-corrected chi connectivity index (χ4v) is 4.80. The molecule has 1 atom stereocenters. The molecule has 0 radical (unpaired) electrons. The van der Waals surface area contributed by atoms with Crippen LogP contribution in [-0.4, -0.2) is 43.4 Å². The van der Waals surface area contributed by atoms with Crippen LogP contribution in [0.25, 0.3) is 0 Å². The lowest BCUT2D eigenvalue weighted by molar-refractivity contribution is -0.119. The number of aliphatic imine (C=N–C) groups is 1. The van der Waals surface area contributed by atoms with E-state index >= 15 is 0 Å². The van der Waals surface area contributed by atoms with Gasteiger partial charge in [0, 0.05) is 43.4 Å². The van der Waals surface area contributed by atoms with Gasteiger partial charge in [-0.3, -0.25) is 9.79 Å². The predicted octanol–water partition coefficient (Wildman–Crippen LogP) is 2.19. The highest BCUT2D eigenvalue weighted by Gasteiger charge is 2.42. The second kappa shape index (κ2) is 6.58. The van der Waals surface area contributed by atoms with Crippen molar-refractivity contribution in [1.29, 1.82) is 0 Å². The maximum atomic E-state index is 11.6. The highest BCUT2D eigenvalue weighted by Crippen LogP contribution is 2.36. The average Bonchev–Trinajstić information content (AvgIpc) is 3.06. The van der Waals surface area contributed by atoms with Crippen LogP contribution in [-0.2, 0) is 11.3 Å². The number of guanidine groups is 1. The van der Waals surface area contributed by atoms with Gasteiger partial charge in [-0.15, -0.1) is 11.3 Å². The number of carbonyl (C=O) groups excluding carboxylic acids is 1. The van der Waals surface area contributed by atoms with Crippen LogP contribution in [0.15, 0.2) is 20.9 Å². The minimum atomic E-state index is 0.0961. The molecule has 7 heteroatoms. The highest BCUT2D eigenvalue weighted by molar-refractivity contribution is 9.11. The Kier molecular flexibility index (Phi) is 4.73. The normalized spacial score (nSPS) is 25.6. The first-order chi connectivity index (χ1) is 10.6. The minimum absolute atomic E-state index is 0.0961. The fraction of sp³-hybridized carbons (Fsp3) is 0.600. The van der Waals surface area contributed by atoms with E-state index in [4.69, 9.17) is 0 Å². The zero-order chi connectivity index (χ0) is 15.6. The zero-order valence-corrected chi connectivity index (χ0v) is 15.1. The first-order valence-electron chi connectivity index (χ1n) is 7.57. The number of piperidine rings is 1. The van der Waals surface area contributed by atoms with Crippen LogP contribution in [0.4, 0.5) is 0 Å². The first kappa shape index (κ1) is 15.8. The van der Waals surface area contributed by atoms with Gasteiger partial charge in [-0.2, -0.15) is 0 Å². The number of nitrogens with one attached hydrogen (secondary N) is 2. The Hall–Kier alpha value is -1.08. The van der Waals surface area contributed by atoms with Crippen LogP contribution in [0.5, 0.6) is 0 Å². The molecule has 22 heavy (non-hydrogen) atoms.